The van der Waals surface area contributed by atoms with E-state index >= 15 is 0 Å². The van der Waals surface area contributed by atoms with E-state index < -0.39 is 0 Å². The number of nitrogens with one attached hydrogen (secondary N) is 1. The number of ether oxygens (including phenoxy) is 1. The number of para-hydroxylation sites is 1. The number of benzene rings is 2. The van der Waals surface area contributed by atoms with Crippen LogP contribution in [0.3, 0.4) is 0 Å². The lowest BCUT2D eigenvalue weighted by atomic mass is 10.1. The SMILES string of the molecule is CC(c1ccc(-n2cncn2)cc1)N(C)C(=O)NCCOc1ccccc1. The van der Waals surface area contributed by atoms with E-state index in [1.165, 1.54) is 6.33 Å². The molecule has 0 fully saturated rings. The maximum atomic E-state index is 12.4. The molecule has 2 aromatic carbocycles. The zero-order valence-corrected chi connectivity index (χ0v) is 15.4. The van der Waals surface area contributed by atoms with Crippen LogP contribution < -0.4 is 10.1 Å². The van der Waals surface area contributed by atoms with Gasteiger partial charge in [-0.05, 0) is 36.8 Å². The topological polar surface area (TPSA) is 72.3 Å². The number of rotatable bonds is 7. The lowest BCUT2D eigenvalue weighted by molar-refractivity contribution is 0.191. The van der Waals surface area contributed by atoms with Crippen LogP contribution in [0.15, 0.2) is 67.3 Å². The summed E-state index contributed by atoms with van der Waals surface area (Å²) in [6, 6.07) is 17.2. The molecule has 27 heavy (non-hydrogen) atoms. The lowest BCUT2D eigenvalue weighted by Crippen LogP contribution is -2.40. The molecule has 1 N–H and O–H groups in total. The Morgan fingerprint density at radius 2 is 1.93 bits per heavy atom. The Balaban J connectivity index is 1.48. The Labute approximate surface area is 158 Å². The van der Waals surface area contributed by atoms with Crippen LogP contribution in [-0.2, 0) is 0 Å². The molecule has 0 aliphatic carbocycles. The van der Waals surface area contributed by atoms with Gasteiger partial charge in [0, 0.05) is 7.05 Å². The molecule has 0 saturated carbocycles. The number of aromatic nitrogens is 3. The fourth-order valence-electron chi connectivity index (χ4n) is 2.61. The summed E-state index contributed by atoms with van der Waals surface area (Å²) >= 11 is 0. The Morgan fingerprint density at radius 1 is 1.19 bits per heavy atom. The Kier molecular flexibility index (Phi) is 6.04. The normalized spacial score (nSPS) is 11.6. The fraction of sp³-hybridized carbons (Fsp3) is 0.250. The lowest BCUT2D eigenvalue weighted by Gasteiger charge is -2.25. The first-order chi connectivity index (χ1) is 13.1. The smallest absolute Gasteiger partial charge is 0.317 e. The first kappa shape index (κ1) is 18.4. The third-order valence-electron chi connectivity index (χ3n) is 4.35. The van der Waals surface area contributed by atoms with Gasteiger partial charge in [0.25, 0.3) is 0 Å². The molecule has 7 nitrogen and oxygen atoms in total. The number of carbonyl (C=O) groups is 1. The van der Waals surface area contributed by atoms with Gasteiger partial charge in [0.15, 0.2) is 0 Å². The van der Waals surface area contributed by atoms with Crippen molar-refractivity contribution in [2.45, 2.75) is 13.0 Å². The molecule has 0 aliphatic heterocycles. The van der Waals surface area contributed by atoms with E-state index in [0.717, 1.165) is 17.0 Å². The molecular formula is C20H23N5O2. The minimum absolute atomic E-state index is 0.0650. The Bertz CT molecular complexity index is 835. The second-order valence-corrected chi connectivity index (χ2v) is 6.11. The predicted octanol–water partition coefficient (Wildman–Crippen LogP) is 3.05. The predicted molar refractivity (Wildman–Crippen MR) is 103 cm³/mol. The zero-order valence-electron chi connectivity index (χ0n) is 15.4. The highest BCUT2D eigenvalue weighted by atomic mass is 16.5. The molecular weight excluding hydrogens is 342 g/mol. The third kappa shape index (κ3) is 4.84. The van der Waals surface area contributed by atoms with E-state index in [-0.39, 0.29) is 12.1 Å². The van der Waals surface area contributed by atoms with Gasteiger partial charge in [0.05, 0.1) is 18.3 Å². The second-order valence-electron chi connectivity index (χ2n) is 6.11. The summed E-state index contributed by atoms with van der Waals surface area (Å²) in [7, 11) is 1.78. The monoisotopic (exact) mass is 365 g/mol. The number of nitrogens with zero attached hydrogens (tertiary/aromatic N) is 4. The molecule has 1 unspecified atom stereocenters. The summed E-state index contributed by atoms with van der Waals surface area (Å²) in [5.74, 6) is 0.793. The third-order valence-corrected chi connectivity index (χ3v) is 4.35. The van der Waals surface area contributed by atoms with Crippen LogP contribution in [0.2, 0.25) is 0 Å². The molecule has 1 heterocycles. The number of hydrogen-bond acceptors (Lipinski definition) is 4. The Hall–Kier alpha value is -3.35. The van der Waals surface area contributed by atoms with Crippen LogP contribution in [0.1, 0.15) is 18.5 Å². The van der Waals surface area contributed by atoms with Gasteiger partial charge in [0.2, 0.25) is 0 Å². The molecule has 7 heteroatoms. The number of urea groups is 1. The van der Waals surface area contributed by atoms with Crippen molar-refractivity contribution >= 4 is 6.03 Å². The first-order valence-corrected chi connectivity index (χ1v) is 8.78. The molecule has 0 aliphatic rings. The fourth-order valence-corrected chi connectivity index (χ4v) is 2.61. The van der Waals surface area contributed by atoms with Crippen LogP contribution >= 0.6 is 0 Å². The van der Waals surface area contributed by atoms with E-state index in [9.17, 15) is 4.79 Å². The van der Waals surface area contributed by atoms with Crippen LogP contribution in [-0.4, -0.2) is 45.9 Å². The summed E-state index contributed by atoms with van der Waals surface area (Å²) < 4.78 is 7.28. The summed E-state index contributed by atoms with van der Waals surface area (Å²) in [4.78, 5) is 18.0. The standard InChI is InChI=1S/C20H23N5O2/c1-16(17-8-10-18(11-9-17)25-15-21-14-23-25)24(2)20(26)22-12-13-27-19-6-4-3-5-7-19/h3-11,14-16H,12-13H2,1-2H3,(H,22,26). The van der Waals surface area contributed by atoms with E-state index in [1.807, 2.05) is 61.5 Å². The minimum atomic E-state index is -0.139. The molecule has 0 radical (unpaired) electrons. The van der Waals surface area contributed by atoms with Gasteiger partial charge < -0.3 is 15.0 Å². The molecule has 1 aromatic heterocycles. The van der Waals surface area contributed by atoms with Crippen LogP contribution in [0.25, 0.3) is 5.69 Å². The van der Waals surface area contributed by atoms with Crippen LogP contribution in [0, 0.1) is 0 Å². The first-order valence-electron chi connectivity index (χ1n) is 8.78. The highest BCUT2D eigenvalue weighted by molar-refractivity contribution is 5.74. The molecule has 0 bridgehead atoms. The van der Waals surface area contributed by atoms with Gasteiger partial charge in [-0.25, -0.2) is 14.5 Å². The van der Waals surface area contributed by atoms with Crippen LogP contribution in [0.5, 0.6) is 5.75 Å². The quantitative estimate of drug-likeness (QED) is 0.653. The van der Waals surface area contributed by atoms with Crippen molar-refractivity contribution in [3.8, 4) is 11.4 Å². The van der Waals surface area contributed by atoms with Crippen molar-refractivity contribution in [3.63, 3.8) is 0 Å². The maximum Gasteiger partial charge on any atom is 0.317 e. The van der Waals surface area contributed by atoms with Gasteiger partial charge in [-0.15, -0.1) is 0 Å². The van der Waals surface area contributed by atoms with Crippen molar-refractivity contribution in [2.24, 2.45) is 0 Å². The summed E-state index contributed by atoms with van der Waals surface area (Å²) in [6.07, 6.45) is 3.14. The van der Waals surface area contributed by atoms with Crippen molar-refractivity contribution in [3.05, 3.63) is 72.8 Å². The molecule has 0 spiro atoms. The van der Waals surface area contributed by atoms with E-state index in [0.29, 0.717) is 13.2 Å². The zero-order chi connectivity index (χ0) is 19.1. The summed E-state index contributed by atoms with van der Waals surface area (Å²) in [5.41, 5.74) is 1.96. The van der Waals surface area contributed by atoms with Crippen molar-refractivity contribution in [1.29, 1.82) is 0 Å². The van der Waals surface area contributed by atoms with E-state index in [2.05, 4.69) is 15.4 Å². The van der Waals surface area contributed by atoms with E-state index in [4.69, 9.17) is 4.74 Å². The average molecular weight is 365 g/mol. The largest absolute Gasteiger partial charge is 0.492 e. The highest BCUT2D eigenvalue weighted by Gasteiger charge is 2.17. The van der Waals surface area contributed by atoms with Gasteiger partial charge in [-0.2, -0.15) is 5.10 Å². The molecule has 2 amide bonds. The molecule has 0 saturated heterocycles. The van der Waals surface area contributed by atoms with E-state index in [1.54, 1.807) is 23.0 Å². The summed E-state index contributed by atoms with van der Waals surface area (Å²) in [5, 5.41) is 6.98. The molecule has 1 atom stereocenters. The number of amides is 2. The van der Waals surface area contributed by atoms with Crippen molar-refractivity contribution < 1.29 is 9.53 Å². The van der Waals surface area contributed by atoms with Gasteiger partial charge in [-0.3, -0.25) is 0 Å². The Morgan fingerprint density at radius 3 is 2.59 bits per heavy atom. The van der Waals surface area contributed by atoms with Crippen molar-refractivity contribution in [1.82, 2.24) is 25.0 Å². The van der Waals surface area contributed by atoms with Gasteiger partial charge >= 0.3 is 6.03 Å². The number of hydrogen-bond donors (Lipinski definition) is 1. The average Bonchev–Trinajstić information content (AvgIpc) is 3.26. The minimum Gasteiger partial charge on any atom is -0.492 e. The van der Waals surface area contributed by atoms with Gasteiger partial charge in [0.1, 0.15) is 25.0 Å². The number of carbonyl (C=O) groups excluding carboxylic acids is 1. The molecule has 3 rings (SSSR count). The van der Waals surface area contributed by atoms with Crippen molar-refractivity contribution in [2.75, 3.05) is 20.2 Å². The second kappa shape index (κ2) is 8.84. The highest BCUT2D eigenvalue weighted by Crippen LogP contribution is 2.20. The molecule has 140 valence electrons. The van der Waals surface area contributed by atoms with Crippen LogP contribution in [0.4, 0.5) is 4.79 Å². The summed E-state index contributed by atoms with van der Waals surface area (Å²) in [6.45, 7) is 2.85. The maximum absolute atomic E-state index is 12.4. The molecule has 3 aromatic rings. The van der Waals surface area contributed by atoms with Gasteiger partial charge in [-0.1, -0.05) is 30.3 Å².